The molecule has 32 heavy (non-hydrogen) atoms. The zero-order chi connectivity index (χ0) is 23.1. The molecule has 3 aromatic carbocycles. The minimum absolute atomic E-state index is 0.0490. The molecule has 0 aromatic heterocycles. The maximum atomic E-state index is 13.1. The fraction of sp³-hybridized carbons (Fsp3) is 0.0833. The highest BCUT2D eigenvalue weighted by Crippen LogP contribution is 2.28. The summed E-state index contributed by atoms with van der Waals surface area (Å²) in [6.45, 7) is 0. The summed E-state index contributed by atoms with van der Waals surface area (Å²) in [5.74, 6) is 0.106. The number of hydrogen-bond acceptors (Lipinski definition) is 4. The van der Waals surface area contributed by atoms with Gasteiger partial charge in [0.25, 0.3) is 11.8 Å². The molecule has 0 saturated carbocycles. The Balaban J connectivity index is 1.95. The lowest BCUT2D eigenvalue weighted by Crippen LogP contribution is -2.30. The largest absolute Gasteiger partial charge is 0.493 e. The van der Waals surface area contributed by atoms with Crippen LogP contribution in [0, 0.1) is 0 Å². The Morgan fingerprint density at radius 3 is 2.28 bits per heavy atom. The van der Waals surface area contributed by atoms with Crippen molar-refractivity contribution in [3.8, 4) is 11.5 Å². The molecule has 2 N–H and O–H groups in total. The number of para-hydroxylation sites is 1. The van der Waals surface area contributed by atoms with Gasteiger partial charge in [0.05, 0.1) is 19.9 Å². The summed E-state index contributed by atoms with van der Waals surface area (Å²) in [4.78, 5) is 25.9. The fourth-order valence-electron chi connectivity index (χ4n) is 2.82. The van der Waals surface area contributed by atoms with Crippen LogP contribution in [-0.4, -0.2) is 26.0 Å². The highest BCUT2D eigenvalue weighted by molar-refractivity contribution is 9.10. The zero-order valence-corrected chi connectivity index (χ0v) is 19.7. The van der Waals surface area contributed by atoms with Crippen molar-refractivity contribution in [2.24, 2.45) is 0 Å². The molecule has 2 amide bonds. The van der Waals surface area contributed by atoms with Gasteiger partial charge < -0.3 is 20.1 Å². The van der Waals surface area contributed by atoms with Crippen molar-refractivity contribution < 1.29 is 19.1 Å². The first-order chi connectivity index (χ1) is 15.4. The first kappa shape index (κ1) is 23.4. The van der Waals surface area contributed by atoms with Gasteiger partial charge in [-0.15, -0.1) is 0 Å². The second kappa shape index (κ2) is 10.8. The number of halogens is 2. The number of nitrogens with one attached hydrogen (secondary N) is 2. The minimum atomic E-state index is -0.492. The Labute approximate surface area is 199 Å². The molecule has 0 unspecified atom stereocenters. The van der Waals surface area contributed by atoms with Crippen LogP contribution in [0.3, 0.4) is 0 Å². The van der Waals surface area contributed by atoms with Crippen LogP contribution in [0.1, 0.15) is 15.9 Å². The molecule has 0 bridgehead atoms. The van der Waals surface area contributed by atoms with Crippen molar-refractivity contribution in [2.45, 2.75) is 0 Å². The van der Waals surface area contributed by atoms with Crippen molar-refractivity contribution >= 4 is 51.1 Å². The molecule has 0 saturated heterocycles. The van der Waals surface area contributed by atoms with E-state index in [4.69, 9.17) is 21.1 Å². The van der Waals surface area contributed by atoms with Crippen LogP contribution < -0.4 is 20.1 Å². The summed E-state index contributed by atoms with van der Waals surface area (Å²) in [5.41, 5.74) is 1.61. The van der Waals surface area contributed by atoms with Crippen molar-refractivity contribution in [2.75, 3.05) is 19.5 Å². The van der Waals surface area contributed by atoms with Crippen LogP contribution in [0.25, 0.3) is 6.08 Å². The second-order valence-electron chi connectivity index (χ2n) is 6.57. The van der Waals surface area contributed by atoms with Gasteiger partial charge in [-0.3, -0.25) is 9.59 Å². The van der Waals surface area contributed by atoms with Gasteiger partial charge in [0, 0.05) is 15.1 Å². The Bertz CT molecular complexity index is 1160. The molecule has 0 radical (unpaired) electrons. The van der Waals surface area contributed by atoms with Gasteiger partial charge in [-0.05, 0) is 76.1 Å². The maximum Gasteiger partial charge on any atom is 0.272 e. The van der Waals surface area contributed by atoms with E-state index in [9.17, 15) is 9.59 Å². The van der Waals surface area contributed by atoms with E-state index in [1.54, 1.807) is 66.7 Å². The number of ether oxygens (including phenoxy) is 2. The van der Waals surface area contributed by atoms with Crippen molar-refractivity contribution in [3.05, 3.63) is 93.0 Å². The van der Waals surface area contributed by atoms with Gasteiger partial charge in [0.1, 0.15) is 5.70 Å². The number of benzene rings is 3. The van der Waals surface area contributed by atoms with Crippen molar-refractivity contribution in [1.82, 2.24) is 5.32 Å². The average Bonchev–Trinajstić information content (AvgIpc) is 2.80. The summed E-state index contributed by atoms with van der Waals surface area (Å²) in [6, 6.07) is 18.7. The molecule has 0 heterocycles. The Kier molecular flexibility index (Phi) is 7.92. The van der Waals surface area contributed by atoms with Crippen LogP contribution in [0.2, 0.25) is 5.02 Å². The van der Waals surface area contributed by atoms with Gasteiger partial charge in [0.2, 0.25) is 0 Å². The highest BCUT2D eigenvalue weighted by atomic mass is 79.9. The first-order valence-corrected chi connectivity index (χ1v) is 10.6. The molecule has 8 heteroatoms. The van der Waals surface area contributed by atoms with Gasteiger partial charge >= 0.3 is 0 Å². The molecule has 164 valence electrons. The predicted octanol–water partition coefficient (Wildman–Crippen LogP) is 5.53. The van der Waals surface area contributed by atoms with Gasteiger partial charge in [-0.1, -0.05) is 29.8 Å². The van der Waals surface area contributed by atoms with Crippen LogP contribution in [-0.2, 0) is 4.79 Å². The molecular weight excluding hydrogens is 496 g/mol. The molecule has 0 aliphatic heterocycles. The van der Waals surface area contributed by atoms with Crippen LogP contribution >= 0.6 is 27.5 Å². The van der Waals surface area contributed by atoms with E-state index in [1.165, 1.54) is 14.2 Å². The molecule has 0 aliphatic carbocycles. The Morgan fingerprint density at radius 2 is 1.62 bits per heavy atom. The topological polar surface area (TPSA) is 76.7 Å². The molecule has 3 aromatic rings. The van der Waals surface area contributed by atoms with E-state index in [0.29, 0.717) is 37.8 Å². The quantitative estimate of drug-likeness (QED) is 0.406. The monoisotopic (exact) mass is 514 g/mol. The second-order valence-corrected chi connectivity index (χ2v) is 7.86. The highest BCUT2D eigenvalue weighted by Gasteiger charge is 2.16. The predicted molar refractivity (Wildman–Crippen MR) is 129 cm³/mol. The number of rotatable bonds is 7. The molecular formula is C24H20BrClN2O4. The third kappa shape index (κ3) is 5.90. The van der Waals surface area contributed by atoms with E-state index >= 15 is 0 Å². The minimum Gasteiger partial charge on any atom is -0.493 e. The summed E-state index contributed by atoms with van der Waals surface area (Å²) < 4.78 is 11.3. The van der Waals surface area contributed by atoms with Crippen molar-refractivity contribution in [1.29, 1.82) is 0 Å². The number of methoxy groups -OCH3 is 2. The fourth-order valence-corrected chi connectivity index (χ4v) is 3.33. The van der Waals surface area contributed by atoms with Gasteiger partial charge in [0.15, 0.2) is 11.5 Å². The normalized spacial score (nSPS) is 10.9. The third-order valence-corrected chi connectivity index (χ3v) is 5.38. The van der Waals surface area contributed by atoms with Gasteiger partial charge in [-0.25, -0.2) is 0 Å². The summed E-state index contributed by atoms with van der Waals surface area (Å²) >= 11 is 9.31. The first-order valence-electron chi connectivity index (χ1n) is 9.48. The van der Waals surface area contributed by atoms with E-state index in [0.717, 1.165) is 0 Å². The summed E-state index contributed by atoms with van der Waals surface area (Å²) in [5, 5.41) is 6.00. The lowest BCUT2D eigenvalue weighted by molar-refractivity contribution is -0.113. The molecule has 6 nitrogen and oxygen atoms in total. The number of carbonyl (C=O) groups is 2. The number of carbonyl (C=O) groups excluding carboxylic acids is 2. The molecule has 0 fully saturated rings. The zero-order valence-electron chi connectivity index (χ0n) is 17.3. The Morgan fingerprint density at radius 1 is 0.938 bits per heavy atom. The number of amides is 2. The van der Waals surface area contributed by atoms with Crippen LogP contribution in [0.15, 0.2) is 76.9 Å². The number of hydrogen-bond donors (Lipinski definition) is 2. The smallest absolute Gasteiger partial charge is 0.272 e. The molecule has 0 atom stereocenters. The molecule has 0 spiro atoms. The van der Waals surface area contributed by atoms with E-state index in [1.807, 2.05) is 6.07 Å². The van der Waals surface area contributed by atoms with Gasteiger partial charge in [-0.2, -0.15) is 0 Å². The van der Waals surface area contributed by atoms with Crippen molar-refractivity contribution in [3.63, 3.8) is 0 Å². The summed E-state index contributed by atoms with van der Waals surface area (Å²) in [6.07, 6.45) is 1.56. The molecule has 0 aliphatic rings. The SMILES string of the molecule is COc1ccc(/C=C(\NC(=O)c2ccc(Cl)cc2)C(=O)Nc2ccccc2Br)cc1OC. The van der Waals surface area contributed by atoms with E-state index in [-0.39, 0.29) is 5.70 Å². The Hall–Kier alpha value is -3.29. The summed E-state index contributed by atoms with van der Waals surface area (Å²) in [7, 11) is 3.06. The maximum absolute atomic E-state index is 13.1. The number of anilines is 1. The lowest BCUT2D eigenvalue weighted by Gasteiger charge is -2.13. The van der Waals surface area contributed by atoms with Crippen LogP contribution in [0.4, 0.5) is 5.69 Å². The lowest BCUT2D eigenvalue weighted by atomic mass is 10.1. The molecule has 3 rings (SSSR count). The standard InChI is InChI=1S/C24H20BrClN2O4/c1-31-21-12-7-15(14-22(21)32-2)13-20(24(30)27-19-6-4-3-5-18(19)25)28-23(29)16-8-10-17(26)11-9-16/h3-14H,1-2H3,(H,27,30)(H,28,29)/b20-13-. The average molecular weight is 516 g/mol. The van der Waals surface area contributed by atoms with E-state index in [2.05, 4.69) is 26.6 Å². The van der Waals surface area contributed by atoms with Crippen LogP contribution in [0.5, 0.6) is 11.5 Å². The van der Waals surface area contributed by atoms with E-state index < -0.39 is 11.8 Å². The third-order valence-electron chi connectivity index (χ3n) is 4.44.